The highest BCUT2D eigenvalue weighted by Gasteiger charge is 2.41. The van der Waals surface area contributed by atoms with Gasteiger partial charge in [0.25, 0.3) is 11.8 Å². The van der Waals surface area contributed by atoms with E-state index in [2.05, 4.69) is 5.32 Å². The summed E-state index contributed by atoms with van der Waals surface area (Å²) in [6, 6.07) is 26.2. The summed E-state index contributed by atoms with van der Waals surface area (Å²) in [5.74, 6) is -0.757. The zero-order valence-corrected chi connectivity index (χ0v) is 19.0. The van der Waals surface area contributed by atoms with Gasteiger partial charge >= 0.3 is 0 Å². The summed E-state index contributed by atoms with van der Waals surface area (Å²) >= 11 is 6.08. The van der Waals surface area contributed by atoms with Gasteiger partial charge in [-0.2, -0.15) is 0 Å². The van der Waals surface area contributed by atoms with Gasteiger partial charge in [0.2, 0.25) is 0 Å². The zero-order valence-electron chi connectivity index (χ0n) is 18.2. The first kappa shape index (κ1) is 21.0. The number of fused-ring (bicyclic) bond motifs is 1. The lowest BCUT2D eigenvalue weighted by atomic mass is 10.0. The van der Waals surface area contributed by atoms with Gasteiger partial charge in [-0.1, -0.05) is 77.8 Å². The monoisotopic (exact) mass is 452 g/mol. The lowest BCUT2D eigenvalue weighted by molar-refractivity contribution is -0.120. The number of anilines is 2. The van der Waals surface area contributed by atoms with Crippen LogP contribution in [0.1, 0.15) is 16.7 Å². The molecule has 4 aromatic carbocycles. The Morgan fingerprint density at radius 2 is 1.52 bits per heavy atom. The number of carbonyl (C=O) groups is 2. The Bertz CT molecular complexity index is 1450. The molecule has 4 aromatic rings. The van der Waals surface area contributed by atoms with Crippen LogP contribution in [0.15, 0.2) is 90.6 Å². The molecule has 0 spiro atoms. The number of aryl methyl sites for hydroxylation is 2. The third-order valence-electron chi connectivity index (χ3n) is 5.87. The van der Waals surface area contributed by atoms with Crippen molar-refractivity contribution in [1.29, 1.82) is 0 Å². The first-order valence-corrected chi connectivity index (χ1v) is 11.0. The van der Waals surface area contributed by atoms with Crippen molar-refractivity contribution in [3.8, 4) is 0 Å². The van der Waals surface area contributed by atoms with Crippen LogP contribution in [0.5, 0.6) is 0 Å². The smallest absolute Gasteiger partial charge is 0.282 e. The molecule has 0 bridgehead atoms. The number of rotatable bonds is 4. The highest BCUT2D eigenvalue weighted by atomic mass is 35.5. The number of nitrogens with one attached hydrogen (secondary N) is 1. The molecule has 162 valence electrons. The number of imide groups is 1. The van der Waals surface area contributed by atoms with Gasteiger partial charge < -0.3 is 5.32 Å². The number of hydrogen-bond acceptors (Lipinski definition) is 3. The van der Waals surface area contributed by atoms with E-state index < -0.39 is 0 Å². The van der Waals surface area contributed by atoms with Gasteiger partial charge in [-0.25, -0.2) is 4.90 Å². The van der Waals surface area contributed by atoms with Gasteiger partial charge in [-0.3, -0.25) is 9.59 Å². The maximum absolute atomic E-state index is 13.8. The Morgan fingerprint density at radius 1 is 0.788 bits per heavy atom. The Balaban J connectivity index is 1.67. The molecule has 5 rings (SSSR count). The Kier molecular flexibility index (Phi) is 5.23. The normalized spacial score (nSPS) is 13.8. The average molecular weight is 453 g/mol. The molecule has 0 saturated heterocycles. The van der Waals surface area contributed by atoms with Gasteiger partial charge in [0.05, 0.1) is 11.3 Å². The van der Waals surface area contributed by atoms with E-state index in [1.165, 1.54) is 4.90 Å². The van der Waals surface area contributed by atoms with Crippen molar-refractivity contribution in [3.05, 3.63) is 112 Å². The van der Waals surface area contributed by atoms with E-state index in [0.717, 1.165) is 27.6 Å². The van der Waals surface area contributed by atoms with E-state index in [1.54, 1.807) is 30.3 Å². The quantitative estimate of drug-likeness (QED) is 0.359. The zero-order chi connectivity index (χ0) is 23.1. The fourth-order valence-corrected chi connectivity index (χ4v) is 4.37. The van der Waals surface area contributed by atoms with Crippen LogP contribution in [-0.2, 0) is 9.59 Å². The summed E-state index contributed by atoms with van der Waals surface area (Å²) in [5, 5.41) is 5.62. The predicted octanol–water partition coefficient (Wildman–Crippen LogP) is 6.51. The molecule has 0 saturated carbocycles. The van der Waals surface area contributed by atoms with Crippen molar-refractivity contribution in [1.82, 2.24) is 0 Å². The molecule has 0 atom stereocenters. The first-order valence-electron chi connectivity index (χ1n) is 10.6. The lowest BCUT2D eigenvalue weighted by Gasteiger charge is -2.18. The number of carbonyl (C=O) groups excluding carboxylic acids is 2. The summed E-state index contributed by atoms with van der Waals surface area (Å²) in [7, 11) is 0. The molecular formula is C28H21ClN2O2. The molecule has 1 heterocycles. The fraction of sp³-hybridized carbons (Fsp3) is 0.0714. The van der Waals surface area contributed by atoms with Crippen LogP contribution < -0.4 is 10.2 Å². The van der Waals surface area contributed by atoms with Crippen molar-refractivity contribution in [3.63, 3.8) is 0 Å². The summed E-state index contributed by atoms with van der Waals surface area (Å²) in [4.78, 5) is 28.8. The van der Waals surface area contributed by atoms with Crippen molar-refractivity contribution < 1.29 is 9.59 Å². The molecule has 33 heavy (non-hydrogen) atoms. The van der Waals surface area contributed by atoms with Crippen LogP contribution in [0.4, 0.5) is 11.4 Å². The summed E-state index contributed by atoms with van der Waals surface area (Å²) < 4.78 is 0. The molecule has 5 heteroatoms. The van der Waals surface area contributed by atoms with E-state index in [4.69, 9.17) is 11.6 Å². The highest BCUT2D eigenvalue weighted by Crippen LogP contribution is 2.37. The third-order valence-corrected chi connectivity index (χ3v) is 6.12. The second-order valence-electron chi connectivity index (χ2n) is 8.14. The van der Waals surface area contributed by atoms with Crippen LogP contribution in [-0.4, -0.2) is 11.8 Å². The maximum Gasteiger partial charge on any atom is 0.282 e. The van der Waals surface area contributed by atoms with Gasteiger partial charge in [0.15, 0.2) is 0 Å². The molecule has 0 aromatic heterocycles. The molecule has 0 fully saturated rings. The van der Waals surface area contributed by atoms with Gasteiger partial charge in [0.1, 0.15) is 5.70 Å². The summed E-state index contributed by atoms with van der Waals surface area (Å²) in [6.07, 6.45) is 0. The number of hydrogen-bond donors (Lipinski definition) is 1. The van der Waals surface area contributed by atoms with E-state index in [0.29, 0.717) is 21.8 Å². The second-order valence-corrected chi connectivity index (χ2v) is 8.58. The Morgan fingerprint density at radius 3 is 2.27 bits per heavy atom. The van der Waals surface area contributed by atoms with E-state index >= 15 is 0 Å². The third kappa shape index (κ3) is 3.69. The molecule has 0 aliphatic carbocycles. The molecular weight excluding hydrogens is 432 g/mol. The number of halogens is 1. The standard InChI is InChI=1S/C28H21ClN2O2/c1-17-10-15-23(18(2)16-17)30-26-25(20-11-13-21(29)14-12-20)27(32)31(28(26)33)24-9-5-7-19-6-3-4-8-22(19)24/h3-16,30H,1-2H3. The number of amides is 2. The molecule has 1 aliphatic heterocycles. The van der Waals surface area contributed by atoms with Crippen LogP contribution in [0.2, 0.25) is 5.02 Å². The summed E-state index contributed by atoms with van der Waals surface area (Å²) in [6.45, 7) is 3.99. The van der Waals surface area contributed by atoms with E-state index in [1.807, 2.05) is 68.4 Å². The highest BCUT2D eigenvalue weighted by molar-refractivity contribution is 6.47. The SMILES string of the molecule is Cc1ccc(NC2=C(c3ccc(Cl)cc3)C(=O)N(c3cccc4ccccc34)C2=O)c(C)c1. The maximum atomic E-state index is 13.8. The molecule has 4 nitrogen and oxygen atoms in total. The average Bonchev–Trinajstić information content (AvgIpc) is 3.05. The van der Waals surface area contributed by atoms with Crippen LogP contribution in [0, 0.1) is 13.8 Å². The van der Waals surface area contributed by atoms with Crippen molar-refractivity contribution in [2.24, 2.45) is 0 Å². The minimum atomic E-state index is -0.388. The van der Waals surface area contributed by atoms with Gasteiger partial charge in [-0.15, -0.1) is 0 Å². The van der Waals surface area contributed by atoms with E-state index in [-0.39, 0.29) is 17.5 Å². The van der Waals surface area contributed by atoms with Crippen molar-refractivity contribution in [2.45, 2.75) is 13.8 Å². The molecule has 1 N–H and O–H groups in total. The molecule has 2 amide bonds. The topological polar surface area (TPSA) is 49.4 Å². The Labute approximate surface area is 197 Å². The second kappa shape index (κ2) is 8.23. The number of nitrogens with zero attached hydrogens (tertiary/aromatic N) is 1. The minimum Gasteiger partial charge on any atom is -0.350 e. The summed E-state index contributed by atoms with van der Waals surface area (Å²) in [5.41, 5.74) is 4.66. The first-order chi connectivity index (χ1) is 15.9. The van der Waals surface area contributed by atoms with Crippen LogP contribution >= 0.6 is 11.6 Å². The molecule has 0 unspecified atom stereocenters. The minimum absolute atomic E-state index is 0.252. The van der Waals surface area contributed by atoms with Crippen LogP contribution in [0.3, 0.4) is 0 Å². The van der Waals surface area contributed by atoms with E-state index in [9.17, 15) is 9.59 Å². The molecule has 1 aliphatic rings. The Hall–Kier alpha value is -3.89. The fourth-order valence-electron chi connectivity index (χ4n) is 4.24. The number of benzene rings is 4. The van der Waals surface area contributed by atoms with Crippen molar-refractivity contribution in [2.75, 3.05) is 10.2 Å². The van der Waals surface area contributed by atoms with Crippen molar-refractivity contribution >= 4 is 51.1 Å². The lowest BCUT2D eigenvalue weighted by Crippen LogP contribution is -2.32. The largest absolute Gasteiger partial charge is 0.350 e. The van der Waals surface area contributed by atoms with Gasteiger partial charge in [-0.05, 0) is 54.6 Å². The predicted molar refractivity (Wildman–Crippen MR) is 134 cm³/mol. The van der Waals surface area contributed by atoms with Gasteiger partial charge in [0, 0.05) is 16.1 Å². The molecule has 0 radical (unpaired) electrons. The van der Waals surface area contributed by atoms with Crippen LogP contribution in [0.25, 0.3) is 16.3 Å².